The smallest absolute Gasteiger partial charge is 0.269 e. The Morgan fingerprint density at radius 2 is 1.90 bits per heavy atom. The molecule has 1 aromatic carbocycles. The van der Waals surface area contributed by atoms with Crippen LogP contribution in [0.25, 0.3) is 0 Å². The Morgan fingerprint density at radius 1 is 1.17 bits per heavy atom. The van der Waals surface area contributed by atoms with Gasteiger partial charge < -0.3 is 4.90 Å². The fourth-order valence-electron chi connectivity index (χ4n) is 3.82. The second-order valence-corrected chi connectivity index (χ2v) is 9.57. The van der Waals surface area contributed by atoms with Gasteiger partial charge in [-0.3, -0.25) is 14.6 Å². The molecule has 4 rings (SSSR count). The Labute approximate surface area is 170 Å². The second-order valence-electron chi connectivity index (χ2n) is 7.78. The molecule has 0 spiro atoms. The van der Waals surface area contributed by atoms with Gasteiger partial charge in [0.15, 0.2) is 0 Å². The SMILES string of the molecule is CC(c1ccccn1)N(C(=O)c1ccc2c(c1)S(=O)(=O)N(C(C)C)C2=O)C1CC1. The molecule has 0 radical (unpaired) electrons. The number of pyridine rings is 1. The zero-order valence-corrected chi connectivity index (χ0v) is 17.4. The van der Waals surface area contributed by atoms with Gasteiger partial charge in [0.1, 0.15) is 4.90 Å². The molecule has 0 saturated heterocycles. The van der Waals surface area contributed by atoms with E-state index in [1.165, 1.54) is 12.1 Å². The predicted octanol–water partition coefficient (Wildman–Crippen LogP) is 3.00. The Balaban J connectivity index is 1.72. The van der Waals surface area contributed by atoms with Gasteiger partial charge in [0, 0.05) is 23.8 Å². The van der Waals surface area contributed by atoms with Crippen LogP contribution in [0.4, 0.5) is 0 Å². The fraction of sp³-hybridized carbons (Fsp3) is 0.381. The summed E-state index contributed by atoms with van der Waals surface area (Å²) in [6, 6.07) is 9.28. The van der Waals surface area contributed by atoms with Crippen molar-refractivity contribution in [3.05, 3.63) is 59.4 Å². The molecule has 2 heterocycles. The molecule has 1 aliphatic heterocycles. The second kappa shape index (κ2) is 6.95. The van der Waals surface area contributed by atoms with Crippen LogP contribution in [-0.4, -0.2) is 46.5 Å². The third kappa shape index (κ3) is 3.21. The lowest BCUT2D eigenvalue weighted by Gasteiger charge is -2.29. The summed E-state index contributed by atoms with van der Waals surface area (Å²) >= 11 is 0. The van der Waals surface area contributed by atoms with Crippen molar-refractivity contribution in [2.24, 2.45) is 0 Å². The normalized spacial score (nSPS) is 18.6. The van der Waals surface area contributed by atoms with Gasteiger partial charge in [0.25, 0.3) is 21.8 Å². The number of rotatable bonds is 5. The maximum Gasteiger partial charge on any atom is 0.269 e. The highest BCUT2D eigenvalue weighted by Crippen LogP contribution is 2.37. The Kier molecular flexibility index (Phi) is 4.69. The standard InChI is InChI=1S/C21H23N3O4S/c1-13(2)24-21(26)17-10-7-15(12-19(17)29(24,27)28)20(25)23(16-8-9-16)14(3)18-6-4-5-11-22-18/h4-7,10-14,16H,8-9H2,1-3H3. The topological polar surface area (TPSA) is 87.7 Å². The summed E-state index contributed by atoms with van der Waals surface area (Å²) in [6.45, 7) is 5.22. The van der Waals surface area contributed by atoms with Crippen molar-refractivity contribution in [1.82, 2.24) is 14.2 Å². The van der Waals surface area contributed by atoms with Crippen molar-refractivity contribution in [3.8, 4) is 0 Å². The predicted molar refractivity (Wildman–Crippen MR) is 107 cm³/mol. The summed E-state index contributed by atoms with van der Waals surface area (Å²) in [5, 5.41) is 0. The number of hydrogen-bond acceptors (Lipinski definition) is 5. The highest BCUT2D eigenvalue weighted by atomic mass is 32.2. The zero-order valence-electron chi connectivity index (χ0n) is 16.6. The molecular weight excluding hydrogens is 390 g/mol. The van der Waals surface area contributed by atoms with E-state index in [2.05, 4.69) is 4.98 Å². The van der Waals surface area contributed by atoms with Crippen molar-refractivity contribution in [1.29, 1.82) is 0 Å². The molecule has 1 saturated carbocycles. The van der Waals surface area contributed by atoms with E-state index >= 15 is 0 Å². The van der Waals surface area contributed by atoms with E-state index in [1.807, 2.05) is 25.1 Å². The number of carbonyl (C=O) groups is 2. The first-order valence-electron chi connectivity index (χ1n) is 9.70. The lowest BCUT2D eigenvalue weighted by molar-refractivity contribution is 0.0669. The molecule has 1 fully saturated rings. The number of amides is 2. The number of benzene rings is 1. The van der Waals surface area contributed by atoms with Crippen LogP contribution in [0.3, 0.4) is 0 Å². The van der Waals surface area contributed by atoms with Crippen molar-refractivity contribution in [2.75, 3.05) is 0 Å². The molecule has 2 aromatic rings. The minimum atomic E-state index is -3.95. The zero-order chi connectivity index (χ0) is 20.9. The minimum Gasteiger partial charge on any atom is -0.327 e. The highest BCUT2D eigenvalue weighted by molar-refractivity contribution is 7.90. The summed E-state index contributed by atoms with van der Waals surface area (Å²) in [4.78, 5) is 31.9. The largest absolute Gasteiger partial charge is 0.327 e. The van der Waals surface area contributed by atoms with Crippen molar-refractivity contribution >= 4 is 21.8 Å². The number of nitrogens with zero attached hydrogens (tertiary/aromatic N) is 3. The average molecular weight is 413 g/mol. The molecule has 29 heavy (non-hydrogen) atoms. The molecule has 152 valence electrons. The average Bonchev–Trinajstić information content (AvgIpc) is 3.49. The Morgan fingerprint density at radius 3 is 2.48 bits per heavy atom. The summed E-state index contributed by atoms with van der Waals surface area (Å²) in [7, 11) is -3.95. The molecule has 2 amide bonds. The summed E-state index contributed by atoms with van der Waals surface area (Å²) in [5.74, 6) is -0.797. The van der Waals surface area contributed by atoms with E-state index in [0.717, 1.165) is 22.8 Å². The summed E-state index contributed by atoms with van der Waals surface area (Å²) in [6.07, 6.45) is 3.51. The van der Waals surface area contributed by atoms with Gasteiger partial charge in [-0.25, -0.2) is 12.7 Å². The molecule has 1 aliphatic carbocycles. The van der Waals surface area contributed by atoms with E-state index in [4.69, 9.17) is 0 Å². The van der Waals surface area contributed by atoms with Crippen LogP contribution in [0.5, 0.6) is 0 Å². The molecule has 8 heteroatoms. The molecular formula is C21H23N3O4S. The number of fused-ring (bicyclic) bond motifs is 1. The van der Waals surface area contributed by atoms with E-state index < -0.39 is 22.0 Å². The molecule has 7 nitrogen and oxygen atoms in total. The lowest BCUT2D eigenvalue weighted by atomic mass is 10.1. The van der Waals surface area contributed by atoms with Gasteiger partial charge in [-0.15, -0.1) is 0 Å². The third-order valence-electron chi connectivity index (χ3n) is 5.37. The number of carbonyl (C=O) groups excluding carboxylic acids is 2. The lowest BCUT2D eigenvalue weighted by Crippen LogP contribution is -2.36. The van der Waals surface area contributed by atoms with Crippen molar-refractivity contribution < 1.29 is 18.0 Å². The van der Waals surface area contributed by atoms with Gasteiger partial charge in [-0.2, -0.15) is 0 Å². The molecule has 1 aromatic heterocycles. The number of hydrogen-bond donors (Lipinski definition) is 0. The highest BCUT2D eigenvalue weighted by Gasteiger charge is 2.44. The van der Waals surface area contributed by atoms with Crippen LogP contribution in [-0.2, 0) is 10.0 Å². The third-order valence-corrected chi connectivity index (χ3v) is 7.37. The number of aromatic nitrogens is 1. The van der Waals surface area contributed by atoms with Crippen LogP contribution >= 0.6 is 0 Å². The van der Waals surface area contributed by atoms with Crippen molar-refractivity contribution in [3.63, 3.8) is 0 Å². The Hall–Kier alpha value is -2.74. The molecule has 0 N–H and O–H groups in total. The van der Waals surface area contributed by atoms with E-state index in [1.54, 1.807) is 31.0 Å². The molecule has 0 bridgehead atoms. The van der Waals surface area contributed by atoms with Gasteiger partial charge in [0.2, 0.25) is 0 Å². The first-order valence-corrected chi connectivity index (χ1v) is 11.1. The maximum atomic E-state index is 13.4. The molecule has 1 unspecified atom stereocenters. The summed E-state index contributed by atoms with van der Waals surface area (Å²) < 4.78 is 26.6. The first-order chi connectivity index (χ1) is 13.7. The minimum absolute atomic E-state index is 0.0942. The monoisotopic (exact) mass is 413 g/mol. The van der Waals surface area contributed by atoms with Crippen LogP contribution in [0.2, 0.25) is 0 Å². The maximum absolute atomic E-state index is 13.4. The van der Waals surface area contributed by atoms with E-state index in [-0.39, 0.29) is 34.0 Å². The molecule has 2 aliphatic rings. The van der Waals surface area contributed by atoms with Crippen LogP contribution in [0.15, 0.2) is 47.5 Å². The van der Waals surface area contributed by atoms with Gasteiger partial charge >= 0.3 is 0 Å². The van der Waals surface area contributed by atoms with Crippen LogP contribution in [0, 0.1) is 0 Å². The quantitative estimate of drug-likeness (QED) is 0.752. The van der Waals surface area contributed by atoms with Crippen LogP contribution < -0.4 is 0 Å². The van der Waals surface area contributed by atoms with Gasteiger partial charge in [0.05, 0.1) is 17.3 Å². The summed E-state index contributed by atoms with van der Waals surface area (Å²) in [5.41, 5.74) is 1.16. The van der Waals surface area contributed by atoms with Gasteiger partial charge in [-0.05, 0) is 63.9 Å². The fourth-order valence-corrected chi connectivity index (χ4v) is 5.61. The van der Waals surface area contributed by atoms with Gasteiger partial charge in [-0.1, -0.05) is 6.07 Å². The molecule has 1 atom stereocenters. The van der Waals surface area contributed by atoms with E-state index in [0.29, 0.717) is 0 Å². The number of sulfonamides is 1. The van der Waals surface area contributed by atoms with E-state index in [9.17, 15) is 18.0 Å². The first kappa shape index (κ1) is 19.6. The van der Waals surface area contributed by atoms with Crippen LogP contribution in [0.1, 0.15) is 66.1 Å². The Bertz CT molecular complexity index is 1080. The van der Waals surface area contributed by atoms with Crippen molar-refractivity contribution in [2.45, 2.75) is 56.6 Å².